The Morgan fingerprint density at radius 3 is 2.63 bits per heavy atom. The molecule has 0 fully saturated rings. The summed E-state index contributed by atoms with van der Waals surface area (Å²) in [5.41, 5.74) is 1.10. The van der Waals surface area contributed by atoms with E-state index in [9.17, 15) is 9.59 Å². The maximum absolute atomic E-state index is 12.9. The second-order valence-corrected chi connectivity index (χ2v) is 6.18. The van der Waals surface area contributed by atoms with Crippen LogP contribution in [0.2, 0.25) is 0 Å². The molecule has 0 atom stereocenters. The summed E-state index contributed by atoms with van der Waals surface area (Å²) in [4.78, 5) is 33.7. The highest BCUT2D eigenvalue weighted by Gasteiger charge is 2.18. The topological polar surface area (TPSA) is 66.1 Å². The van der Waals surface area contributed by atoms with Crippen molar-refractivity contribution in [1.29, 1.82) is 0 Å². The Balaban J connectivity index is 1.85. The Kier molecular flexibility index (Phi) is 6.01. The minimum absolute atomic E-state index is 0.0521. The summed E-state index contributed by atoms with van der Waals surface area (Å²) in [5, 5.41) is 0.470. The standard InChI is InChI=1S/C22H21N3O2/c1-2-3-15-25(16-9-12-17-10-5-4-6-11-17)22(27)20-23-19-14-8-7-13-18(19)21(26)24-20/h4-8,10-11,13-14H,2-3,15-16H2,1H3,(H,23,24,26). The Labute approximate surface area is 158 Å². The predicted octanol–water partition coefficient (Wildman–Crippen LogP) is 3.22. The van der Waals surface area contributed by atoms with Gasteiger partial charge in [0, 0.05) is 12.1 Å². The van der Waals surface area contributed by atoms with Crippen molar-refractivity contribution in [3.8, 4) is 11.8 Å². The molecule has 0 saturated heterocycles. The number of nitrogens with zero attached hydrogens (tertiary/aromatic N) is 2. The monoisotopic (exact) mass is 359 g/mol. The number of fused-ring (bicyclic) bond motifs is 1. The average Bonchev–Trinajstić information content (AvgIpc) is 2.71. The molecular formula is C22H21N3O2. The van der Waals surface area contributed by atoms with Gasteiger partial charge >= 0.3 is 0 Å². The number of nitrogens with one attached hydrogen (secondary N) is 1. The van der Waals surface area contributed by atoms with Crippen molar-refractivity contribution in [2.75, 3.05) is 13.1 Å². The van der Waals surface area contributed by atoms with Crippen LogP contribution < -0.4 is 5.56 Å². The lowest BCUT2D eigenvalue weighted by Crippen LogP contribution is -2.34. The number of amides is 1. The smallest absolute Gasteiger partial charge is 0.290 e. The van der Waals surface area contributed by atoms with Crippen LogP contribution in [0.4, 0.5) is 0 Å². The lowest BCUT2D eigenvalue weighted by Gasteiger charge is -2.19. The molecule has 1 amide bonds. The SMILES string of the molecule is CCCCN(CC#Cc1ccccc1)C(=O)c1nc2ccccc2c(=O)[nH]1. The van der Waals surface area contributed by atoms with Gasteiger partial charge in [0.1, 0.15) is 0 Å². The molecule has 0 bridgehead atoms. The van der Waals surface area contributed by atoms with E-state index < -0.39 is 0 Å². The van der Waals surface area contributed by atoms with E-state index in [0.29, 0.717) is 17.4 Å². The molecule has 5 nitrogen and oxygen atoms in total. The quantitative estimate of drug-likeness (QED) is 0.712. The molecule has 1 heterocycles. The number of H-pyrrole nitrogens is 1. The number of aromatic nitrogens is 2. The largest absolute Gasteiger partial charge is 0.325 e. The molecule has 5 heteroatoms. The van der Waals surface area contributed by atoms with Gasteiger partial charge in [-0.25, -0.2) is 4.98 Å². The Bertz CT molecular complexity index is 1050. The third-order valence-corrected chi connectivity index (χ3v) is 4.16. The molecule has 1 N–H and O–H groups in total. The van der Waals surface area contributed by atoms with Crippen molar-refractivity contribution in [3.63, 3.8) is 0 Å². The zero-order valence-electron chi connectivity index (χ0n) is 15.2. The van der Waals surface area contributed by atoms with Crippen molar-refractivity contribution in [3.05, 3.63) is 76.3 Å². The minimum Gasteiger partial charge on any atom is -0.325 e. The van der Waals surface area contributed by atoms with Crippen molar-refractivity contribution >= 4 is 16.8 Å². The van der Waals surface area contributed by atoms with Crippen LogP contribution in [0.1, 0.15) is 35.9 Å². The first-order chi connectivity index (χ1) is 13.2. The summed E-state index contributed by atoms with van der Waals surface area (Å²) < 4.78 is 0. The van der Waals surface area contributed by atoms with E-state index in [4.69, 9.17) is 0 Å². The van der Waals surface area contributed by atoms with E-state index in [0.717, 1.165) is 18.4 Å². The van der Waals surface area contributed by atoms with Crippen LogP contribution in [-0.2, 0) is 0 Å². The summed E-state index contributed by atoms with van der Waals surface area (Å²) >= 11 is 0. The number of hydrogen-bond donors (Lipinski definition) is 1. The lowest BCUT2D eigenvalue weighted by atomic mass is 10.2. The van der Waals surface area contributed by atoms with Crippen LogP contribution in [0, 0.1) is 11.8 Å². The number of carbonyl (C=O) groups excluding carboxylic acids is 1. The van der Waals surface area contributed by atoms with E-state index in [2.05, 4.69) is 28.7 Å². The van der Waals surface area contributed by atoms with Gasteiger partial charge in [-0.15, -0.1) is 0 Å². The third kappa shape index (κ3) is 4.62. The number of benzene rings is 2. The normalized spacial score (nSPS) is 10.3. The molecule has 27 heavy (non-hydrogen) atoms. The molecule has 2 aromatic carbocycles. The van der Waals surface area contributed by atoms with E-state index in [-0.39, 0.29) is 23.8 Å². The van der Waals surface area contributed by atoms with Gasteiger partial charge in [0.2, 0.25) is 0 Å². The highest BCUT2D eigenvalue weighted by atomic mass is 16.2. The van der Waals surface area contributed by atoms with Crippen LogP contribution in [0.15, 0.2) is 59.4 Å². The van der Waals surface area contributed by atoms with Gasteiger partial charge in [-0.1, -0.05) is 55.5 Å². The van der Waals surface area contributed by atoms with Crippen LogP contribution >= 0.6 is 0 Å². The molecule has 0 aliphatic rings. The molecule has 0 aliphatic carbocycles. The van der Waals surface area contributed by atoms with E-state index in [1.807, 2.05) is 30.3 Å². The van der Waals surface area contributed by atoms with Crippen molar-refractivity contribution < 1.29 is 4.79 Å². The zero-order chi connectivity index (χ0) is 19.1. The van der Waals surface area contributed by atoms with Crippen molar-refractivity contribution in [2.45, 2.75) is 19.8 Å². The molecule has 0 spiro atoms. The van der Waals surface area contributed by atoms with E-state index >= 15 is 0 Å². The summed E-state index contributed by atoms with van der Waals surface area (Å²) in [6.07, 6.45) is 1.81. The van der Waals surface area contributed by atoms with Crippen LogP contribution in [0.5, 0.6) is 0 Å². The summed E-state index contributed by atoms with van der Waals surface area (Å²) in [6.45, 7) is 2.91. The zero-order valence-corrected chi connectivity index (χ0v) is 15.2. The highest BCUT2D eigenvalue weighted by molar-refractivity contribution is 5.92. The molecule has 3 rings (SSSR count). The second-order valence-electron chi connectivity index (χ2n) is 6.18. The first kappa shape index (κ1) is 18.4. The molecule has 136 valence electrons. The number of carbonyl (C=O) groups is 1. The van der Waals surface area contributed by atoms with Gasteiger partial charge in [0.05, 0.1) is 17.4 Å². The molecule has 3 aromatic rings. The number of para-hydroxylation sites is 1. The van der Waals surface area contributed by atoms with E-state index in [1.165, 1.54) is 0 Å². The van der Waals surface area contributed by atoms with Gasteiger partial charge in [-0.05, 0) is 30.7 Å². The van der Waals surface area contributed by atoms with Crippen molar-refractivity contribution in [1.82, 2.24) is 14.9 Å². The average molecular weight is 359 g/mol. The second kappa shape index (κ2) is 8.81. The predicted molar refractivity (Wildman–Crippen MR) is 106 cm³/mol. The molecular weight excluding hydrogens is 338 g/mol. The fourth-order valence-corrected chi connectivity index (χ4v) is 2.70. The maximum Gasteiger partial charge on any atom is 0.290 e. The number of hydrogen-bond acceptors (Lipinski definition) is 3. The Morgan fingerprint density at radius 2 is 1.85 bits per heavy atom. The fraction of sp³-hybridized carbons (Fsp3) is 0.227. The Hall–Kier alpha value is -3.39. The third-order valence-electron chi connectivity index (χ3n) is 4.16. The molecule has 1 aromatic heterocycles. The Morgan fingerprint density at radius 1 is 1.11 bits per heavy atom. The summed E-state index contributed by atoms with van der Waals surface area (Å²) in [7, 11) is 0. The fourth-order valence-electron chi connectivity index (χ4n) is 2.70. The molecule has 0 aliphatic heterocycles. The number of unbranched alkanes of at least 4 members (excludes halogenated alkanes) is 1. The lowest BCUT2D eigenvalue weighted by molar-refractivity contribution is 0.0762. The summed E-state index contributed by atoms with van der Waals surface area (Å²) in [6, 6.07) is 16.6. The van der Waals surface area contributed by atoms with Crippen molar-refractivity contribution in [2.24, 2.45) is 0 Å². The van der Waals surface area contributed by atoms with Gasteiger partial charge in [0.25, 0.3) is 11.5 Å². The van der Waals surface area contributed by atoms with Gasteiger partial charge < -0.3 is 9.88 Å². The minimum atomic E-state index is -0.311. The molecule has 0 unspecified atom stereocenters. The van der Waals surface area contributed by atoms with Crippen LogP contribution in [0.25, 0.3) is 10.9 Å². The van der Waals surface area contributed by atoms with Crippen LogP contribution in [0.3, 0.4) is 0 Å². The van der Waals surface area contributed by atoms with Gasteiger partial charge in [0.15, 0.2) is 5.82 Å². The first-order valence-corrected chi connectivity index (χ1v) is 9.01. The molecule has 0 radical (unpaired) electrons. The summed E-state index contributed by atoms with van der Waals surface area (Å²) in [5.74, 6) is 5.85. The van der Waals surface area contributed by atoms with E-state index in [1.54, 1.807) is 29.2 Å². The van der Waals surface area contributed by atoms with Crippen LogP contribution in [-0.4, -0.2) is 33.9 Å². The first-order valence-electron chi connectivity index (χ1n) is 9.01. The van der Waals surface area contributed by atoms with Gasteiger partial charge in [-0.3, -0.25) is 9.59 Å². The van der Waals surface area contributed by atoms with Gasteiger partial charge in [-0.2, -0.15) is 0 Å². The molecule has 0 saturated carbocycles. The number of rotatable bonds is 5. The highest BCUT2D eigenvalue weighted by Crippen LogP contribution is 2.08. The number of aromatic amines is 1. The maximum atomic E-state index is 12.9.